The summed E-state index contributed by atoms with van der Waals surface area (Å²) >= 11 is 0. The highest BCUT2D eigenvalue weighted by Crippen LogP contribution is 2.22. The van der Waals surface area contributed by atoms with Crippen LogP contribution in [0.3, 0.4) is 0 Å². The van der Waals surface area contributed by atoms with Gasteiger partial charge in [-0.3, -0.25) is 9.80 Å². The minimum Gasteiger partial charge on any atom is -0.379 e. The predicted octanol–water partition coefficient (Wildman–Crippen LogP) is 2.65. The highest BCUT2D eigenvalue weighted by atomic mass is 19.2. The summed E-state index contributed by atoms with van der Waals surface area (Å²) < 4.78 is 45.5. The van der Waals surface area contributed by atoms with E-state index in [1.165, 1.54) is 0 Å². The third kappa shape index (κ3) is 4.46. The maximum atomic E-state index is 13.8. The van der Waals surface area contributed by atoms with Crippen molar-refractivity contribution >= 4 is 0 Å². The molecule has 0 aromatic heterocycles. The average molecular weight is 328 g/mol. The van der Waals surface area contributed by atoms with Crippen molar-refractivity contribution in [3.8, 4) is 0 Å². The van der Waals surface area contributed by atoms with Gasteiger partial charge in [-0.1, -0.05) is 0 Å². The molecule has 3 rings (SSSR count). The van der Waals surface area contributed by atoms with Gasteiger partial charge in [0, 0.05) is 44.4 Å². The van der Waals surface area contributed by atoms with E-state index in [-0.39, 0.29) is 5.56 Å². The van der Waals surface area contributed by atoms with Crippen LogP contribution in [0.2, 0.25) is 0 Å². The van der Waals surface area contributed by atoms with Gasteiger partial charge in [0.25, 0.3) is 0 Å². The van der Waals surface area contributed by atoms with Gasteiger partial charge in [0.2, 0.25) is 0 Å². The van der Waals surface area contributed by atoms with Crippen LogP contribution in [0.15, 0.2) is 12.1 Å². The van der Waals surface area contributed by atoms with E-state index in [2.05, 4.69) is 9.80 Å². The van der Waals surface area contributed by atoms with E-state index >= 15 is 0 Å². The van der Waals surface area contributed by atoms with Crippen LogP contribution < -0.4 is 0 Å². The van der Waals surface area contributed by atoms with Gasteiger partial charge in [-0.2, -0.15) is 0 Å². The summed E-state index contributed by atoms with van der Waals surface area (Å²) in [5.74, 6) is -2.24. The largest absolute Gasteiger partial charge is 0.379 e. The molecule has 23 heavy (non-hydrogen) atoms. The molecule has 1 atom stereocenters. The monoisotopic (exact) mass is 328 g/mol. The number of rotatable bonds is 4. The molecule has 0 bridgehead atoms. The highest BCUT2D eigenvalue weighted by molar-refractivity contribution is 5.20. The normalized spacial score (nSPS) is 24.0. The number of morpholine rings is 1. The molecule has 2 heterocycles. The lowest BCUT2D eigenvalue weighted by molar-refractivity contribution is 0.0223. The third-order valence-electron chi connectivity index (χ3n) is 4.71. The highest BCUT2D eigenvalue weighted by Gasteiger charge is 2.24. The molecular formula is C17H23F3N2O. The lowest BCUT2D eigenvalue weighted by atomic mass is 9.96. The van der Waals surface area contributed by atoms with Crippen LogP contribution in [0.4, 0.5) is 13.2 Å². The Balaban J connectivity index is 1.57. The van der Waals surface area contributed by atoms with E-state index in [0.29, 0.717) is 18.5 Å². The zero-order valence-electron chi connectivity index (χ0n) is 13.2. The van der Waals surface area contributed by atoms with Gasteiger partial charge in [0.15, 0.2) is 11.6 Å². The van der Waals surface area contributed by atoms with Gasteiger partial charge in [-0.05, 0) is 31.4 Å². The number of piperidine rings is 1. The van der Waals surface area contributed by atoms with Gasteiger partial charge >= 0.3 is 0 Å². The maximum Gasteiger partial charge on any atom is 0.161 e. The van der Waals surface area contributed by atoms with Crippen molar-refractivity contribution in [3.63, 3.8) is 0 Å². The van der Waals surface area contributed by atoms with Crippen LogP contribution in [-0.4, -0.2) is 55.7 Å². The number of nitrogens with zero attached hydrogens (tertiary/aromatic N) is 2. The number of ether oxygens (including phenoxy) is 1. The van der Waals surface area contributed by atoms with Crippen molar-refractivity contribution in [1.82, 2.24) is 9.80 Å². The first-order chi connectivity index (χ1) is 11.1. The molecule has 128 valence electrons. The first-order valence-electron chi connectivity index (χ1n) is 8.27. The van der Waals surface area contributed by atoms with E-state index in [0.717, 1.165) is 64.8 Å². The van der Waals surface area contributed by atoms with Crippen molar-refractivity contribution in [3.05, 3.63) is 35.1 Å². The number of benzene rings is 1. The fourth-order valence-electron chi connectivity index (χ4n) is 3.52. The Bertz CT molecular complexity index is 535. The summed E-state index contributed by atoms with van der Waals surface area (Å²) in [6.45, 7) is 6.62. The minimum absolute atomic E-state index is 0.232. The van der Waals surface area contributed by atoms with Crippen LogP contribution >= 0.6 is 0 Å². The molecule has 0 radical (unpaired) electrons. The van der Waals surface area contributed by atoms with Crippen LogP contribution in [0.5, 0.6) is 0 Å². The molecule has 2 aliphatic rings. The van der Waals surface area contributed by atoms with Gasteiger partial charge in [0.1, 0.15) is 5.82 Å². The number of halogens is 3. The van der Waals surface area contributed by atoms with E-state index in [1.807, 2.05) is 0 Å². The summed E-state index contributed by atoms with van der Waals surface area (Å²) in [4.78, 5) is 4.56. The predicted molar refractivity (Wildman–Crippen MR) is 81.6 cm³/mol. The average Bonchev–Trinajstić information content (AvgIpc) is 2.54. The van der Waals surface area contributed by atoms with Gasteiger partial charge in [0.05, 0.1) is 13.2 Å². The number of hydrogen-bond acceptors (Lipinski definition) is 3. The molecule has 2 saturated heterocycles. The lowest BCUT2D eigenvalue weighted by Crippen LogP contribution is -2.44. The van der Waals surface area contributed by atoms with Gasteiger partial charge in [-0.25, -0.2) is 13.2 Å². The Labute approximate surface area is 135 Å². The zero-order valence-corrected chi connectivity index (χ0v) is 13.2. The van der Waals surface area contributed by atoms with Crippen molar-refractivity contribution in [2.75, 3.05) is 45.9 Å². The first-order valence-corrected chi connectivity index (χ1v) is 8.27. The Morgan fingerprint density at radius 3 is 2.48 bits per heavy atom. The molecular weight excluding hydrogens is 305 g/mol. The second-order valence-electron chi connectivity index (χ2n) is 6.51. The van der Waals surface area contributed by atoms with E-state index in [9.17, 15) is 13.2 Å². The SMILES string of the molecule is Fc1cc(F)c(CN2CCCC(CN3CCOCC3)C2)cc1F. The van der Waals surface area contributed by atoms with Gasteiger partial charge < -0.3 is 4.74 Å². The molecule has 0 saturated carbocycles. The summed E-state index contributed by atoms with van der Waals surface area (Å²) in [6.07, 6.45) is 2.22. The smallest absolute Gasteiger partial charge is 0.161 e. The second kappa shape index (κ2) is 7.64. The molecule has 1 unspecified atom stereocenters. The summed E-state index contributed by atoms with van der Waals surface area (Å²) in [5, 5.41) is 0. The second-order valence-corrected chi connectivity index (χ2v) is 6.51. The Morgan fingerprint density at radius 2 is 1.70 bits per heavy atom. The number of hydrogen-bond donors (Lipinski definition) is 0. The standard InChI is InChI=1S/C17H23F3N2O/c18-15-9-17(20)16(19)8-14(15)12-22-3-1-2-13(11-22)10-21-4-6-23-7-5-21/h8-9,13H,1-7,10-12H2. The molecule has 0 N–H and O–H groups in total. The lowest BCUT2D eigenvalue weighted by Gasteiger charge is -2.36. The molecule has 3 nitrogen and oxygen atoms in total. The Morgan fingerprint density at radius 1 is 0.957 bits per heavy atom. The van der Waals surface area contributed by atoms with Crippen molar-refractivity contribution in [1.29, 1.82) is 0 Å². The molecule has 0 aliphatic carbocycles. The van der Waals surface area contributed by atoms with Crippen LogP contribution in [0.1, 0.15) is 18.4 Å². The molecule has 1 aromatic carbocycles. The van der Waals surface area contributed by atoms with Crippen molar-refractivity contribution in [2.24, 2.45) is 5.92 Å². The molecule has 1 aromatic rings. The van der Waals surface area contributed by atoms with E-state index in [1.54, 1.807) is 0 Å². The fourth-order valence-corrected chi connectivity index (χ4v) is 3.52. The minimum atomic E-state index is -1.13. The summed E-state index contributed by atoms with van der Waals surface area (Å²) in [5.41, 5.74) is 0.232. The maximum absolute atomic E-state index is 13.8. The van der Waals surface area contributed by atoms with Crippen molar-refractivity contribution in [2.45, 2.75) is 19.4 Å². The molecule has 2 aliphatic heterocycles. The quantitative estimate of drug-likeness (QED) is 0.791. The first kappa shape index (κ1) is 16.7. The van der Waals surface area contributed by atoms with Crippen LogP contribution in [-0.2, 0) is 11.3 Å². The topological polar surface area (TPSA) is 15.7 Å². The summed E-state index contributed by atoms with van der Waals surface area (Å²) in [7, 11) is 0. The van der Waals surface area contributed by atoms with Crippen molar-refractivity contribution < 1.29 is 17.9 Å². The van der Waals surface area contributed by atoms with Crippen LogP contribution in [0, 0.1) is 23.4 Å². The van der Waals surface area contributed by atoms with E-state index < -0.39 is 17.5 Å². The molecule has 2 fully saturated rings. The molecule has 0 amide bonds. The number of likely N-dealkylation sites (tertiary alicyclic amines) is 1. The van der Waals surface area contributed by atoms with E-state index in [4.69, 9.17) is 4.74 Å². The molecule has 6 heteroatoms. The Kier molecular flexibility index (Phi) is 5.56. The third-order valence-corrected chi connectivity index (χ3v) is 4.71. The summed E-state index contributed by atoms with van der Waals surface area (Å²) in [6, 6.07) is 1.62. The Hall–Kier alpha value is -1.11. The fraction of sp³-hybridized carbons (Fsp3) is 0.647. The zero-order chi connectivity index (χ0) is 16.2. The van der Waals surface area contributed by atoms with Crippen LogP contribution in [0.25, 0.3) is 0 Å². The van der Waals surface area contributed by atoms with Gasteiger partial charge in [-0.15, -0.1) is 0 Å². The molecule has 0 spiro atoms.